The Morgan fingerprint density at radius 1 is 1.17 bits per heavy atom. The Kier molecular flexibility index (Phi) is 6.95. The molecule has 0 spiro atoms. The molecule has 2 heterocycles. The van der Waals surface area contributed by atoms with Crippen molar-refractivity contribution in [3.63, 3.8) is 0 Å². The molecule has 2 aromatic heterocycles. The summed E-state index contributed by atoms with van der Waals surface area (Å²) in [5, 5.41) is 3.30. The Morgan fingerprint density at radius 3 is 2.47 bits per heavy atom. The molecule has 0 unspecified atom stereocenters. The van der Waals surface area contributed by atoms with E-state index < -0.39 is 6.61 Å². The summed E-state index contributed by atoms with van der Waals surface area (Å²) in [5.41, 5.74) is 1.96. The molecule has 30 heavy (non-hydrogen) atoms. The molecule has 1 aromatic carbocycles. The van der Waals surface area contributed by atoms with Crippen LogP contribution < -0.4 is 10.1 Å². The number of imidazole rings is 1. The maximum atomic E-state index is 12.3. The van der Waals surface area contributed by atoms with Crippen molar-refractivity contribution >= 4 is 5.96 Å². The first-order valence-corrected chi connectivity index (χ1v) is 9.37. The van der Waals surface area contributed by atoms with Crippen LogP contribution in [0.1, 0.15) is 17.0 Å². The normalized spacial score (nSPS) is 11.6. The lowest BCUT2D eigenvalue weighted by atomic mass is 10.2. The monoisotopic (exact) mass is 414 g/mol. The number of aryl methyl sites for hydroxylation is 1. The molecule has 0 radical (unpaired) electrons. The second kappa shape index (κ2) is 9.82. The topological polar surface area (TPSA) is 67.6 Å². The third-order valence-electron chi connectivity index (χ3n) is 4.47. The van der Waals surface area contributed by atoms with Crippen molar-refractivity contribution in [3.8, 4) is 11.6 Å². The van der Waals surface area contributed by atoms with Gasteiger partial charge in [0.2, 0.25) is 0 Å². The van der Waals surface area contributed by atoms with Gasteiger partial charge in [0.25, 0.3) is 0 Å². The van der Waals surface area contributed by atoms with E-state index in [0.717, 1.165) is 22.8 Å². The van der Waals surface area contributed by atoms with Crippen molar-refractivity contribution in [2.24, 2.45) is 4.99 Å². The second-order valence-electron chi connectivity index (χ2n) is 6.65. The van der Waals surface area contributed by atoms with Gasteiger partial charge in [-0.2, -0.15) is 8.78 Å². The summed E-state index contributed by atoms with van der Waals surface area (Å²) in [5.74, 6) is 2.54. The summed E-state index contributed by atoms with van der Waals surface area (Å²) in [6.07, 6.45) is 5.43. The van der Waals surface area contributed by atoms with Gasteiger partial charge in [-0.15, -0.1) is 0 Å². The minimum Gasteiger partial charge on any atom is -0.435 e. The molecule has 0 amide bonds. The first kappa shape index (κ1) is 21.2. The summed E-state index contributed by atoms with van der Waals surface area (Å²) < 4.78 is 30.8. The number of aliphatic imine (C=N–C) groups is 1. The minimum absolute atomic E-state index is 0.140. The van der Waals surface area contributed by atoms with Crippen molar-refractivity contribution < 1.29 is 13.5 Å². The van der Waals surface area contributed by atoms with Gasteiger partial charge in [-0.3, -0.25) is 9.56 Å². The van der Waals surface area contributed by atoms with Gasteiger partial charge >= 0.3 is 6.61 Å². The molecule has 0 aliphatic heterocycles. The lowest BCUT2D eigenvalue weighted by Gasteiger charge is -2.22. The second-order valence-corrected chi connectivity index (χ2v) is 6.65. The highest BCUT2D eigenvalue weighted by Crippen LogP contribution is 2.16. The molecule has 7 nitrogen and oxygen atoms in total. The maximum absolute atomic E-state index is 12.3. The van der Waals surface area contributed by atoms with Gasteiger partial charge in [-0.1, -0.05) is 18.2 Å². The largest absolute Gasteiger partial charge is 0.435 e. The maximum Gasteiger partial charge on any atom is 0.387 e. The van der Waals surface area contributed by atoms with Crippen LogP contribution in [0.15, 0.2) is 60.0 Å². The highest BCUT2D eigenvalue weighted by atomic mass is 19.3. The van der Waals surface area contributed by atoms with E-state index in [2.05, 4.69) is 25.0 Å². The molecule has 9 heteroatoms. The fourth-order valence-corrected chi connectivity index (χ4v) is 2.97. The molecule has 0 saturated carbocycles. The van der Waals surface area contributed by atoms with Crippen LogP contribution >= 0.6 is 0 Å². The molecule has 3 aromatic rings. The molecule has 0 atom stereocenters. The van der Waals surface area contributed by atoms with Gasteiger partial charge in [-0.05, 0) is 36.2 Å². The Hall–Kier alpha value is -3.49. The first-order chi connectivity index (χ1) is 14.5. The van der Waals surface area contributed by atoms with E-state index in [1.807, 2.05) is 48.0 Å². The molecule has 0 bridgehead atoms. The molecule has 0 fully saturated rings. The number of nitrogens with zero attached hydrogens (tertiary/aromatic N) is 5. The molecule has 0 aliphatic carbocycles. The van der Waals surface area contributed by atoms with Crippen LogP contribution in [0.3, 0.4) is 0 Å². The number of aromatic nitrogens is 3. The predicted molar refractivity (Wildman–Crippen MR) is 111 cm³/mol. The van der Waals surface area contributed by atoms with Crippen molar-refractivity contribution in [1.82, 2.24) is 24.8 Å². The first-order valence-electron chi connectivity index (χ1n) is 9.37. The number of hydrogen-bond donors (Lipinski definition) is 1. The van der Waals surface area contributed by atoms with E-state index in [1.165, 1.54) is 12.1 Å². The Labute approximate surface area is 174 Å². The quantitative estimate of drug-likeness (QED) is 0.474. The Balaban J connectivity index is 1.55. The minimum atomic E-state index is -2.82. The number of nitrogens with one attached hydrogen (secondary N) is 1. The van der Waals surface area contributed by atoms with Crippen LogP contribution in [0, 0.1) is 6.92 Å². The molecule has 158 valence electrons. The van der Waals surface area contributed by atoms with Crippen molar-refractivity contribution in [2.45, 2.75) is 26.6 Å². The number of benzene rings is 1. The smallest absolute Gasteiger partial charge is 0.387 e. The summed E-state index contributed by atoms with van der Waals surface area (Å²) >= 11 is 0. The third kappa shape index (κ3) is 5.53. The number of rotatable bonds is 7. The SMILES string of the molecule is CN=C(NCc1ccc(-n2ccnc2C)nc1)N(C)Cc1ccc(OC(F)F)cc1. The van der Waals surface area contributed by atoms with Gasteiger partial charge in [0.15, 0.2) is 5.96 Å². The zero-order chi connectivity index (χ0) is 21.5. The third-order valence-corrected chi connectivity index (χ3v) is 4.47. The predicted octanol–water partition coefficient (Wildman–Crippen LogP) is 3.38. The van der Waals surface area contributed by atoms with Gasteiger partial charge < -0.3 is 15.0 Å². The standard InChI is InChI=1S/C21H24F2N6O/c1-15-25-10-11-29(15)19-9-6-17(12-26-19)13-27-21(24-2)28(3)14-16-4-7-18(8-5-16)30-20(22)23/h4-12,20H,13-14H2,1-3H3,(H,24,27). The van der Waals surface area contributed by atoms with E-state index in [9.17, 15) is 8.78 Å². The van der Waals surface area contributed by atoms with Gasteiger partial charge in [0.05, 0.1) is 0 Å². The summed E-state index contributed by atoms with van der Waals surface area (Å²) in [6.45, 7) is 0.227. The van der Waals surface area contributed by atoms with Crippen LogP contribution in [0.5, 0.6) is 5.75 Å². The molecule has 3 rings (SSSR count). The highest BCUT2D eigenvalue weighted by molar-refractivity contribution is 5.79. The molecular weight excluding hydrogens is 390 g/mol. The zero-order valence-corrected chi connectivity index (χ0v) is 17.1. The van der Waals surface area contributed by atoms with Crippen LogP contribution in [-0.4, -0.2) is 46.1 Å². The zero-order valence-electron chi connectivity index (χ0n) is 17.1. The van der Waals surface area contributed by atoms with E-state index in [1.54, 1.807) is 25.4 Å². The number of guanidine groups is 1. The fourth-order valence-electron chi connectivity index (χ4n) is 2.97. The van der Waals surface area contributed by atoms with Crippen LogP contribution in [0.25, 0.3) is 5.82 Å². The number of halogens is 2. The average Bonchev–Trinajstić information content (AvgIpc) is 3.16. The highest BCUT2D eigenvalue weighted by Gasteiger charge is 2.09. The van der Waals surface area contributed by atoms with E-state index in [-0.39, 0.29) is 5.75 Å². The average molecular weight is 414 g/mol. The molecule has 1 N–H and O–H groups in total. The van der Waals surface area contributed by atoms with Crippen molar-refractivity contribution in [2.75, 3.05) is 14.1 Å². The number of hydrogen-bond acceptors (Lipinski definition) is 4. The van der Waals surface area contributed by atoms with E-state index in [0.29, 0.717) is 19.0 Å². The lowest BCUT2D eigenvalue weighted by molar-refractivity contribution is -0.0498. The summed E-state index contributed by atoms with van der Waals surface area (Å²) in [7, 11) is 3.61. The fraction of sp³-hybridized carbons (Fsp3) is 0.286. The van der Waals surface area contributed by atoms with E-state index >= 15 is 0 Å². The lowest BCUT2D eigenvalue weighted by Crippen LogP contribution is -2.38. The number of alkyl halides is 2. The molecule has 0 saturated heterocycles. The Bertz CT molecular complexity index is 970. The number of ether oxygens (including phenoxy) is 1. The van der Waals surface area contributed by atoms with Crippen molar-refractivity contribution in [3.05, 3.63) is 71.9 Å². The van der Waals surface area contributed by atoms with E-state index in [4.69, 9.17) is 0 Å². The van der Waals surface area contributed by atoms with Gasteiger partial charge in [0.1, 0.15) is 17.4 Å². The van der Waals surface area contributed by atoms with Gasteiger partial charge in [-0.25, -0.2) is 9.97 Å². The van der Waals surface area contributed by atoms with Crippen molar-refractivity contribution in [1.29, 1.82) is 0 Å². The number of pyridine rings is 1. The van der Waals surface area contributed by atoms with Gasteiger partial charge in [0, 0.05) is 45.8 Å². The Morgan fingerprint density at radius 2 is 1.90 bits per heavy atom. The van der Waals surface area contributed by atoms with Crippen LogP contribution in [0.4, 0.5) is 8.78 Å². The summed E-state index contributed by atoms with van der Waals surface area (Å²) in [4.78, 5) is 14.9. The van der Waals surface area contributed by atoms with Crippen LogP contribution in [-0.2, 0) is 13.1 Å². The molecule has 0 aliphatic rings. The molecular formula is C21H24F2N6O. The van der Waals surface area contributed by atoms with Crippen LogP contribution in [0.2, 0.25) is 0 Å². The summed E-state index contributed by atoms with van der Waals surface area (Å²) in [6, 6.07) is 10.5.